The van der Waals surface area contributed by atoms with E-state index in [1.807, 2.05) is 31.2 Å². The molecular formula is C24H29N5O2. The van der Waals surface area contributed by atoms with Crippen molar-refractivity contribution in [2.24, 2.45) is 5.92 Å². The number of aromatic amines is 1. The maximum atomic E-state index is 11.3. The van der Waals surface area contributed by atoms with Crippen molar-refractivity contribution < 1.29 is 4.79 Å². The Morgan fingerprint density at radius 3 is 2.74 bits per heavy atom. The molecule has 3 aromatic heterocycles. The average molecular weight is 420 g/mol. The molecule has 0 spiro atoms. The summed E-state index contributed by atoms with van der Waals surface area (Å²) in [7, 11) is 0. The molecule has 4 aromatic rings. The molecule has 7 nitrogen and oxygen atoms in total. The standard InChI is InChI=1S/C15H21N3O.C9H8N2O/c1-11(2)7-16-9-14-6-13-4-3-12(8-17-10-19)5-15(13)18-14;1-7-6-9(12)11-5-3-2-4-8(11)10-7/h3-6,10-11,16,18H,7-9H2,1-2H3,(H,17,19);2-6H,1H3. The predicted molar refractivity (Wildman–Crippen MR) is 124 cm³/mol. The SMILES string of the molecule is CC(C)CNCc1cc2ccc(CNC=O)cc2[nH]1.Cc1cc(=O)n2ccccc2n1. The number of nitrogens with zero attached hydrogens (tertiary/aromatic N) is 2. The first kappa shape index (κ1) is 22.2. The number of aromatic nitrogens is 3. The number of aryl methyl sites for hydroxylation is 1. The molecule has 7 heteroatoms. The fourth-order valence-corrected chi connectivity index (χ4v) is 3.27. The summed E-state index contributed by atoms with van der Waals surface area (Å²) in [5.41, 5.74) is 4.83. The Bertz CT molecular complexity index is 1210. The Kier molecular flexibility index (Phi) is 7.56. The van der Waals surface area contributed by atoms with Gasteiger partial charge in [-0.1, -0.05) is 32.0 Å². The number of carbonyl (C=O) groups excluding carboxylic acids is 1. The van der Waals surface area contributed by atoms with E-state index in [2.05, 4.69) is 52.6 Å². The van der Waals surface area contributed by atoms with E-state index in [-0.39, 0.29) is 5.56 Å². The highest BCUT2D eigenvalue weighted by Gasteiger charge is 2.02. The van der Waals surface area contributed by atoms with E-state index in [1.165, 1.54) is 21.5 Å². The van der Waals surface area contributed by atoms with E-state index in [9.17, 15) is 9.59 Å². The van der Waals surface area contributed by atoms with Gasteiger partial charge in [-0.3, -0.25) is 14.0 Å². The van der Waals surface area contributed by atoms with Crippen molar-refractivity contribution in [2.45, 2.75) is 33.9 Å². The molecule has 0 saturated carbocycles. The lowest BCUT2D eigenvalue weighted by Gasteiger charge is -2.05. The zero-order valence-electron chi connectivity index (χ0n) is 18.2. The first-order valence-electron chi connectivity index (χ1n) is 10.4. The molecule has 3 N–H and O–H groups in total. The fraction of sp³-hybridized carbons (Fsp3) is 0.292. The van der Waals surface area contributed by atoms with Crippen molar-refractivity contribution in [3.05, 3.63) is 82.0 Å². The van der Waals surface area contributed by atoms with Gasteiger partial charge in [0, 0.05) is 42.3 Å². The van der Waals surface area contributed by atoms with Gasteiger partial charge in [0.1, 0.15) is 5.65 Å². The van der Waals surface area contributed by atoms with Gasteiger partial charge in [-0.2, -0.15) is 0 Å². The van der Waals surface area contributed by atoms with Crippen molar-refractivity contribution in [1.82, 2.24) is 25.0 Å². The molecule has 0 aliphatic rings. The number of hydrogen-bond acceptors (Lipinski definition) is 4. The molecule has 1 amide bonds. The lowest BCUT2D eigenvalue weighted by atomic mass is 10.1. The highest BCUT2D eigenvalue weighted by molar-refractivity contribution is 5.81. The molecule has 31 heavy (non-hydrogen) atoms. The lowest BCUT2D eigenvalue weighted by Crippen LogP contribution is -2.19. The molecule has 0 radical (unpaired) electrons. The molecule has 0 fully saturated rings. The molecule has 0 aliphatic carbocycles. The molecule has 1 aromatic carbocycles. The van der Waals surface area contributed by atoms with Crippen LogP contribution in [0, 0.1) is 12.8 Å². The van der Waals surface area contributed by atoms with E-state index in [0.29, 0.717) is 18.1 Å². The Labute approximate surface area is 181 Å². The minimum absolute atomic E-state index is 0.0295. The summed E-state index contributed by atoms with van der Waals surface area (Å²) in [4.78, 5) is 29.2. The van der Waals surface area contributed by atoms with Crippen LogP contribution in [0.3, 0.4) is 0 Å². The summed E-state index contributed by atoms with van der Waals surface area (Å²) < 4.78 is 1.52. The van der Waals surface area contributed by atoms with Gasteiger partial charge in [0.25, 0.3) is 5.56 Å². The van der Waals surface area contributed by atoms with Crippen LogP contribution < -0.4 is 16.2 Å². The van der Waals surface area contributed by atoms with Crippen molar-refractivity contribution in [2.75, 3.05) is 6.54 Å². The molecule has 0 aliphatic heterocycles. The largest absolute Gasteiger partial charge is 0.357 e. The number of H-pyrrole nitrogens is 1. The summed E-state index contributed by atoms with van der Waals surface area (Å²) in [6.07, 6.45) is 2.43. The Balaban J connectivity index is 0.000000194. The van der Waals surface area contributed by atoms with Crippen LogP contribution in [0.15, 0.2) is 59.5 Å². The molecule has 0 atom stereocenters. The summed E-state index contributed by atoms with van der Waals surface area (Å²) in [5.74, 6) is 0.658. The minimum atomic E-state index is -0.0295. The van der Waals surface area contributed by atoms with Crippen LogP contribution in [-0.2, 0) is 17.9 Å². The van der Waals surface area contributed by atoms with Crippen molar-refractivity contribution in [1.29, 1.82) is 0 Å². The van der Waals surface area contributed by atoms with Crippen LogP contribution in [0.5, 0.6) is 0 Å². The molecular weight excluding hydrogens is 390 g/mol. The van der Waals surface area contributed by atoms with Crippen LogP contribution in [0.2, 0.25) is 0 Å². The van der Waals surface area contributed by atoms with E-state index >= 15 is 0 Å². The topological polar surface area (TPSA) is 91.3 Å². The van der Waals surface area contributed by atoms with Crippen molar-refractivity contribution >= 4 is 23.0 Å². The van der Waals surface area contributed by atoms with Crippen LogP contribution >= 0.6 is 0 Å². The number of benzene rings is 1. The van der Waals surface area contributed by atoms with Gasteiger partial charge in [0.05, 0.1) is 0 Å². The van der Waals surface area contributed by atoms with Gasteiger partial charge in [-0.25, -0.2) is 4.98 Å². The number of hydrogen-bond donors (Lipinski definition) is 3. The lowest BCUT2D eigenvalue weighted by molar-refractivity contribution is -0.109. The van der Waals surface area contributed by atoms with Gasteiger partial charge < -0.3 is 15.6 Å². The number of fused-ring (bicyclic) bond motifs is 2. The van der Waals surface area contributed by atoms with Crippen molar-refractivity contribution in [3.63, 3.8) is 0 Å². The summed E-state index contributed by atoms with van der Waals surface area (Å²) in [5, 5.41) is 7.30. The highest BCUT2D eigenvalue weighted by atomic mass is 16.1. The summed E-state index contributed by atoms with van der Waals surface area (Å²) in [6.45, 7) is 8.65. The molecule has 4 rings (SSSR count). The zero-order valence-corrected chi connectivity index (χ0v) is 18.2. The molecule has 0 bridgehead atoms. The van der Waals surface area contributed by atoms with E-state index in [4.69, 9.17) is 0 Å². The van der Waals surface area contributed by atoms with E-state index in [1.54, 1.807) is 6.20 Å². The predicted octanol–water partition coefficient (Wildman–Crippen LogP) is 3.16. The molecule has 0 unspecified atom stereocenters. The van der Waals surface area contributed by atoms with Crippen LogP contribution in [0.25, 0.3) is 16.6 Å². The van der Waals surface area contributed by atoms with Gasteiger partial charge in [-0.05, 0) is 54.6 Å². The van der Waals surface area contributed by atoms with E-state index in [0.717, 1.165) is 36.3 Å². The van der Waals surface area contributed by atoms with Gasteiger partial charge in [-0.15, -0.1) is 0 Å². The Morgan fingerprint density at radius 2 is 1.97 bits per heavy atom. The summed E-state index contributed by atoms with van der Waals surface area (Å²) in [6, 6.07) is 15.4. The van der Waals surface area contributed by atoms with E-state index < -0.39 is 0 Å². The van der Waals surface area contributed by atoms with Gasteiger partial charge in [0.2, 0.25) is 6.41 Å². The second-order valence-electron chi connectivity index (χ2n) is 7.90. The van der Waals surface area contributed by atoms with Gasteiger partial charge in [0.15, 0.2) is 0 Å². The smallest absolute Gasteiger partial charge is 0.258 e. The fourth-order valence-electron chi connectivity index (χ4n) is 3.27. The van der Waals surface area contributed by atoms with Crippen LogP contribution in [0.4, 0.5) is 0 Å². The Morgan fingerprint density at radius 1 is 1.13 bits per heavy atom. The number of rotatable bonds is 7. The Hall–Kier alpha value is -3.45. The molecule has 0 saturated heterocycles. The quantitative estimate of drug-likeness (QED) is 0.401. The second-order valence-corrected chi connectivity index (χ2v) is 7.90. The number of nitrogens with one attached hydrogen (secondary N) is 3. The van der Waals surface area contributed by atoms with Crippen LogP contribution in [-0.4, -0.2) is 27.3 Å². The summed E-state index contributed by atoms with van der Waals surface area (Å²) >= 11 is 0. The first-order chi connectivity index (χ1) is 15.0. The molecule has 3 heterocycles. The monoisotopic (exact) mass is 419 g/mol. The van der Waals surface area contributed by atoms with Crippen LogP contribution in [0.1, 0.15) is 30.8 Å². The number of pyridine rings is 1. The normalized spacial score (nSPS) is 10.8. The average Bonchev–Trinajstić information content (AvgIpc) is 3.14. The third-order valence-electron chi connectivity index (χ3n) is 4.70. The molecule has 162 valence electrons. The maximum Gasteiger partial charge on any atom is 0.258 e. The number of amides is 1. The highest BCUT2D eigenvalue weighted by Crippen LogP contribution is 2.17. The maximum absolute atomic E-state index is 11.3. The third-order valence-corrected chi connectivity index (χ3v) is 4.70. The van der Waals surface area contributed by atoms with Gasteiger partial charge >= 0.3 is 0 Å². The minimum Gasteiger partial charge on any atom is -0.357 e. The number of carbonyl (C=O) groups is 1. The third kappa shape index (κ3) is 6.26. The first-order valence-corrected chi connectivity index (χ1v) is 10.4. The second kappa shape index (κ2) is 10.5. The van der Waals surface area contributed by atoms with Crippen molar-refractivity contribution in [3.8, 4) is 0 Å². The zero-order chi connectivity index (χ0) is 22.2.